The molecule has 6 nitrogen and oxygen atoms in total. The largest absolute Gasteiger partial charge is 0.508 e. The van der Waals surface area contributed by atoms with Gasteiger partial charge in [-0.3, -0.25) is 15.0 Å². The van der Waals surface area contributed by atoms with Crippen LogP contribution in [-0.2, 0) is 0 Å². The van der Waals surface area contributed by atoms with Gasteiger partial charge in [0, 0.05) is 52.9 Å². The summed E-state index contributed by atoms with van der Waals surface area (Å²) in [6.07, 6.45) is -1.15. The van der Waals surface area contributed by atoms with E-state index in [1.165, 1.54) is 0 Å². The van der Waals surface area contributed by atoms with Crippen LogP contribution in [0.3, 0.4) is 0 Å². The molecule has 10 aromatic rings. The zero-order valence-corrected chi connectivity index (χ0v) is 32.7. The first kappa shape index (κ1) is 19.1. The van der Waals surface area contributed by atoms with Crippen LogP contribution in [0.2, 0.25) is 0 Å². The molecule has 276 valence electrons. The molecule has 0 aliphatic carbocycles. The molecule has 10 rings (SSSR count). The van der Waals surface area contributed by atoms with Crippen molar-refractivity contribution in [2.75, 3.05) is 0 Å². The molecular weight excluding hydrogens is 911 g/mol. The number of hydrogen-bond acceptors (Lipinski definition) is 6. The van der Waals surface area contributed by atoms with Gasteiger partial charge in [0.2, 0.25) is 0 Å². The first-order valence-corrected chi connectivity index (χ1v) is 17.3. The van der Waals surface area contributed by atoms with Gasteiger partial charge in [0.1, 0.15) is 0 Å². The number of halogens is 3. The Morgan fingerprint density at radius 3 is 1.38 bits per heavy atom. The highest BCUT2D eigenvalue weighted by Crippen LogP contribution is 2.34. The van der Waals surface area contributed by atoms with Gasteiger partial charge in [-0.2, -0.15) is 13.5 Å². The molecular formula is C45H34BBr3N4O2S. The highest BCUT2D eigenvalue weighted by Gasteiger charge is 2.14. The quantitative estimate of drug-likeness (QED) is 0.132. The predicted molar refractivity (Wildman–Crippen MR) is 251 cm³/mol. The summed E-state index contributed by atoms with van der Waals surface area (Å²) in [4.78, 5) is 16.1. The van der Waals surface area contributed by atoms with Crippen LogP contribution < -0.4 is 5.59 Å². The molecule has 4 aromatic heterocycles. The summed E-state index contributed by atoms with van der Waals surface area (Å²) < 4.78 is 210. The van der Waals surface area contributed by atoms with Crippen molar-refractivity contribution in [1.82, 2.24) is 19.9 Å². The lowest BCUT2D eigenvalue weighted by Crippen LogP contribution is -2.32. The van der Waals surface area contributed by atoms with Gasteiger partial charge in [-0.05, 0) is 63.8 Å². The van der Waals surface area contributed by atoms with E-state index in [9.17, 15) is 10.0 Å². The lowest BCUT2D eigenvalue weighted by molar-refractivity contribution is 0.424. The van der Waals surface area contributed by atoms with Crippen molar-refractivity contribution in [3.8, 4) is 11.3 Å². The average molecular weight is 972 g/mol. The van der Waals surface area contributed by atoms with E-state index in [-0.39, 0.29) is 141 Å². The molecule has 0 amide bonds. The fraction of sp³-hybridized carbons (Fsp3) is 0.0222. The molecule has 0 saturated carbocycles. The summed E-state index contributed by atoms with van der Waals surface area (Å²) in [6, 6.07) is -11.0. The lowest BCUT2D eigenvalue weighted by Gasteiger charge is -2.09. The third kappa shape index (κ3) is 8.34. The number of fused-ring (bicyclic) bond motifs is 8. The molecule has 6 aromatic carbocycles. The van der Waals surface area contributed by atoms with Gasteiger partial charge in [-0.1, -0.05) is 158 Å². The second-order valence-electron chi connectivity index (χ2n) is 10.5. The maximum atomic E-state index is 9.32. The Kier molecular flexibility index (Phi) is 6.16. The lowest BCUT2D eigenvalue weighted by atomic mass is 9.85. The molecule has 2 N–H and O–H groups in total. The monoisotopic (exact) mass is 968 g/mol. The van der Waals surface area contributed by atoms with Crippen molar-refractivity contribution in [3.05, 3.63) is 171 Å². The highest BCUT2D eigenvalue weighted by atomic mass is 79.9. The molecule has 4 heterocycles. The van der Waals surface area contributed by atoms with Gasteiger partial charge < -0.3 is 10.0 Å². The Morgan fingerprint density at radius 1 is 0.446 bits per heavy atom. The molecule has 0 bridgehead atoms. The zero-order chi connectivity index (χ0) is 59.8. The van der Waals surface area contributed by atoms with Gasteiger partial charge in [-0.15, -0.1) is 0 Å². The van der Waals surface area contributed by atoms with E-state index in [1.54, 1.807) is 0 Å². The Balaban J connectivity index is 0.000000211. The van der Waals surface area contributed by atoms with E-state index in [1.807, 2.05) is 0 Å². The van der Waals surface area contributed by atoms with E-state index in [2.05, 4.69) is 67.7 Å². The summed E-state index contributed by atoms with van der Waals surface area (Å²) >= 11 is 9.42. The molecule has 0 fully saturated rings. The van der Waals surface area contributed by atoms with Crippen LogP contribution in [0.4, 0.5) is 0 Å². The highest BCUT2D eigenvalue weighted by molar-refractivity contribution is 9.11. The standard InChI is InChI=1S/C22H13BrN2.C12H9BN2O2.C10H6Br2.CH4.H2S/c23-19-11-10-18(16-5-1-2-6-17(16)19)20-12-9-15-8-7-14-4-3-13-24-21(14)22(15)25-20;16-13(17)10-6-5-9-4-3-8-2-1-7-14-11(8)12(9)15-10;11-9-5-6-10(12)8-4-2-1-3-7(8)9;;/h1-13H;1-7,16-17H;1-6H;1H4;1H2/i1D,2D,3D,4D,5D,6D,7D,8D,9D,10D,11D,12D,13D;1D,2D,3D,4D,5D,6D,7D;1D,2D,3D,4D,5D,6D;;. The number of hydrogen-bond donors (Lipinski definition) is 2. The number of aromatic nitrogens is 4. The minimum atomic E-state index is -2.13. The van der Waals surface area contributed by atoms with Crippen molar-refractivity contribution >= 4 is 139 Å². The van der Waals surface area contributed by atoms with Crippen LogP contribution in [-0.4, -0.2) is 37.1 Å². The fourth-order valence-corrected chi connectivity index (χ4v) is 6.03. The molecule has 0 unspecified atom stereocenters. The fourth-order valence-electron chi connectivity index (χ4n) is 4.84. The van der Waals surface area contributed by atoms with Crippen LogP contribution in [0.5, 0.6) is 0 Å². The third-order valence-electron chi connectivity index (χ3n) is 7.26. The van der Waals surface area contributed by atoms with Crippen LogP contribution in [0, 0.1) is 0 Å². The van der Waals surface area contributed by atoms with E-state index in [0.717, 1.165) is 0 Å². The van der Waals surface area contributed by atoms with Crippen molar-refractivity contribution in [2.45, 2.75) is 7.43 Å². The van der Waals surface area contributed by atoms with E-state index in [0.29, 0.717) is 0 Å². The molecule has 0 aliphatic heterocycles. The minimum absolute atomic E-state index is 0. The van der Waals surface area contributed by atoms with Crippen molar-refractivity contribution < 1.29 is 45.7 Å². The smallest absolute Gasteiger partial charge is 0.422 e. The maximum Gasteiger partial charge on any atom is 0.508 e. The number of nitrogens with zero attached hydrogens (tertiary/aromatic N) is 4. The Bertz CT molecular complexity index is 4370. The molecule has 11 heteroatoms. The second kappa shape index (κ2) is 18.0. The summed E-state index contributed by atoms with van der Waals surface area (Å²) in [5, 5.41) is 17.8. The van der Waals surface area contributed by atoms with Gasteiger partial charge >= 0.3 is 7.12 Å². The molecule has 0 radical (unpaired) electrons. The van der Waals surface area contributed by atoms with Gasteiger partial charge in [0.25, 0.3) is 0 Å². The Morgan fingerprint density at radius 2 is 0.857 bits per heavy atom. The van der Waals surface area contributed by atoms with E-state index in [4.69, 9.17) is 35.6 Å². The van der Waals surface area contributed by atoms with Gasteiger partial charge in [-0.25, -0.2) is 4.98 Å². The third-order valence-corrected chi connectivity index (χ3v) is 9.05. The summed E-state index contributed by atoms with van der Waals surface area (Å²) in [5.41, 5.74) is -2.07. The normalized spacial score (nSPS) is 17.2. The molecule has 0 spiro atoms. The predicted octanol–water partition coefficient (Wildman–Crippen LogP) is 11.9. The van der Waals surface area contributed by atoms with Gasteiger partial charge in [0.15, 0.2) is 0 Å². The molecule has 0 aliphatic rings. The topological polar surface area (TPSA) is 92.0 Å². The van der Waals surface area contributed by atoms with Crippen LogP contribution in [0.1, 0.15) is 43.1 Å². The molecule has 56 heavy (non-hydrogen) atoms. The van der Waals surface area contributed by atoms with Gasteiger partial charge in [0.05, 0.1) is 69.0 Å². The SMILES string of the molecule is C.S.[2H]c1c([2H])c([2H])c2c(Br)c([2H])c([2H])c(Br)c2c1[2H].[2H]c1nc2c(c([2H])c1[2H])c([2H])c([2H])c1c([2H])c([2H])c(-c3c([2H])c([2H])c(Br)c4c([2H])c([2H])c([2H])c([2H])c34)nc12.[2H]c1nc2c(c([2H])c1[2H])c([2H])c([2H])c1c([2H])c([2H])c(B(O)O)nc12. The summed E-state index contributed by atoms with van der Waals surface area (Å²) in [6.45, 7) is 0. The van der Waals surface area contributed by atoms with E-state index >= 15 is 0 Å². The Labute approximate surface area is 393 Å². The summed E-state index contributed by atoms with van der Waals surface area (Å²) in [5.74, 6) is 0. The van der Waals surface area contributed by atoms with Crippen LogP contribution >= 0.6 is 61.3 Å². The summed E-state index contributed by atoms with van der Waals surface area (Å²) in [7, 11) is -2.13. The van der Waals surface area contributed by atoms with Crippen molar-refractivity contribution in [1.29, 1.82) is 0 Å². The van der Waals surface area contributed by atoms with Crippen molar-refractivity contribution in [3.63, 3.8) is 0 Å². The zero-order valence-electron chi connectivity index (χ0n) is 52.9. The Hall–Kier alpha value is -4.75. The number of benzene rings is 6. The maximum absolute atomic E-state index is 9.32. The van der Waals surface area contributed by atoms with Crippen LogP contribution in [0.15, 0.2) is 171 Å². The minimum Gasteiger partial charge on any atom is -0.422 e. The van der Waals surface area contributed by atoms with Crippen LogP contribution in [0.25, 0.3) is 76.4 Å². The molecule has 0 atom stereocenters. The first-order valence-electron chi connectivity index (χ1n) is 27.9. The molecule has 0 saturated heterocycles. The van der Waals surface area contributed by atoms with E-state index < -0.39 is 140 Å². The number of pyridine rings is 4. The number of rotatable bonds is 2. The first-order chi connectivity index (χ1) is 37.2. The van der Waals surface area contributed by atoms with Crippen molar-refractivity contribution in [2.24, 2.45) is 0 Å². The average Bonchev–Trinajstić information content (AvgIpc) is 3.57. The second-order valence-corrected chi connectivity index (χ2v) is 12.9.